The lowest BCUT2D eigenvalue weighted by Gasteiger charge is -2.31. The number of hydrogen-bond acceptors (Lipinski definition) is 6. The number of rotatable bonds is 5. The van der Waals surface area contributed by atoms with Crippen LogP contribution >= 0.6 is 0 Å². The molecule has 7 nitrogen and oxygen atoms in total. The average Bonchev–Trinajstić information content (AvgIpc) is 3.24. The van der Waals surface area contributed by atoms with Gasteiger partial charge in [-0.3, -0.25) is 4.79 Å². The predicted molar refractivity (Wildman–Crippen MR) is 106 cm³/mol. The van der Waals surface area contributed by atoms with Crippen LogP contribution in [0, 0.1) is 11.7 Å². The lowest BCUT2D eigenvalue weighted by atomic mass is 9.99. The van der Waals surface area contributed by atoms with Gasteiger partial charge in [0.05, 0.1) is 0 Å². The van der Waals surface area contributed by atoms with Crippen LogP contribution in [0.4, 0.5) is 10.2 Å². The molecule has 0 saturated carbocycles. The number of piperidine rings is 1. The highest BCUT2D eigenvalue weighted by Gasteiger charge is 2.19. The molecular formula is C21H22FN5O2. The molecule has 3 aromatic rings. The third-order valence-corrected chi connectivity index (χ3v) is 5.10. The minimum absolute atomic E-state index is 0.118. The number of amides is 1. The Labute approximate surface area is 168 Å². The number of aromatic nitrogens is 3. The van der Waals surface area contributed by atoms with Gasteiger partial charge in [0.1, 0.15) is 11.6 Å². The molecule has 0 bridgehead atoms. The van der Waals surface area contributed by atoms with E-state index < -0.39 is 5.91 Å². The zero-order chi connectivity index (χ0) is 20.2. The van der Waals surface area contributed by atoms with Crippen LogP contribution in [-0.2, 0) is 6.54 Å². The Balaban J connectivity index is 1.42. The number of anilines is 1. The zero-order valence-corrected chi connectivity index (χ0v) is 16.1. The predicted octanol–water partition coefficient (Wildman–Crippen LogP) is 3.44. The fourth-order valence-electron chi connectivity index (χ4n) is 3.26. The molecule has 1 aliphatic rings. The Bertz CT molecular complexity index is 981. The molecule has 0 spiro atoms. The van der Waals surface area contributed by atoms with E-state index in [-0.39, 0.29) is 18.3 Å². The SMILES string of the molecule is CC1CCN(c2cc(-c3noc(C(=O)NCc4ccc(F)cc4)n3)ccn2)CC1. The number of carbonyl (C=O) groups is 1. The summed E-state index contributed by atoms with van der Waals surface area (Å²) < 4.78 is 18.1. The first kappa shape index (κ1) is 19.0. The van der Waals surface area contributed by atoms with Crippen LogP contribution in [0.5, 0.6) is 0 Å². The van der Waals surface area contributed by atoms with Crippen molar-refractivity contribution in [1.82, 2.24) is 20.4 Å². The molecule has 1 fully saturated rings. The van der Waals surface area contributed by atoms with E-state index in [4.69, 9.17) is 4.52 Å². The largest absolute Gasteiger partial charge is 0.357 e. The maximum atomic E-state index is 13.0. The molecule has 2 aromatic heterocycles. The highest BCUT2D eigenvalue weighted by atomic mass is 19.1. The molecule has 0 unspecified atom stereocenters. The second kappa shape index (κ2) is 8.38. The van der Waals surface area contributed by atoms with Crippen LogP contribution in [0.1, 0.15) is 36.0 Å². The summed E-state index contributed by atoms with van der Waals surface area (Å²) in [5.41, 5.74) is 1.52. The summed E-state index contributed by atoms with van der Waals surface area (Å²) in [6.07, 6.45) is 4.01. The summed E-state index contributed by atoms with van der Waals surface area (Å²) in [7, 11) is 0. The molecule has 3 heterocycles. The zero-order valence-electron chi connectivity index (χ0n) is 16.1. The molecular weight excluding hydrogens is 373 g/mol. The van der Waals surface area contributed by atoms with Crippen molar-refractivity contribution in [3.63, 3.8) is 0 Å². The summed E-state index contributed by atoms with van der Waals surface area (Å²) in [6, 6.07) is 9.61. The van der Waals surface area contributed by atoms with Crippen molar-refractivity contribution in [2.24, 2.45) is 5.92 Å². The maximum Gasteiger partial charge on any atom is 0.316 e. The molecule has 1 aliphatic heterocycles. The number of hydrogen-bond donors (Lipinski definition) is 1. The Morgan fingerprint density at radius 2 is 2.00 bits per heavy atom. The Morgan fingerprint density at radius 1 is 1.24 bits per heavy atom. The fourth-order valence-corrected chi connectivity index (χ4v) is 3.26. The van der Waals surface area contributed by atoms with Crippen LogP contribution in [0.15, 0.2) is 47.1 Å². The van der Waals surface area contributed by atoms with E-state index in [2.05, 4.69) is 32.3 Å². The molecule has 8 heteroatoms. The molecule has 1 N–H and O–H groups in total. The first-order valence-electron chi connectivity index (χ1n) is 9.66. The number of pyridine rings is 1. The van der Waals surface area contributed by atoms with Crippen molar-refractivity contribution in [1.29, 1.82) is 0 Å². The van der Waals surface area contributed by atoms with Crippen molar-refractivity contribution in [3.05, 3.63) is 59.9 Å². The van der Waals surface area contributed by atoms with Gasteiger partial charge in [0.25, 0.3) is 0 Å². The van der Waals surface area contributed by atoms with Gasteiger partial charge in [-0.25, -0.2) is 9.37 Å². The summed E-state index contributed by atoms with van der Waals surface area (Å²) in [4.78, 5) is 23.2. The molecule has 1 amide bonds. The minimum Gasteiger partial charge on any atom is -0.357 e. The van der Waals surface area contributed by atoms with Crippen LogP contribution < -0.4 is 10.2 Å². The van der Waals surface area contributed by atoms with Crippen molar-refractivity contribution >= 4 is 11.7 Å². The highest BCUT2D eigenvalue weighted by Crippen LogP contribution is 2.25. The molecule has 0 aliphatic carbocycles. The highest BCUT2D eigenvalue weighted by molar-refractivity contribution is 5.89. The number of nitrogens with zero attached hydrogens (tertiary/aromatic N) is 4. The van der Waals surface area contributed by atoms with E-state index >= 15 is 0 Å². The number of carbonyl (C=O) groups excluding carboxylic acids is 1. The summed E-state index contributed by atoms with van der Waals surface area (Å²) in [6.45, 7) is 4.45. The summed E-state index contributed by atoms with van der Waals surface area (Å²) in [5.74, 6) is 1.03. The van der Waals surface area contributed by atoms with Crippen molar-refractivity contribution in [2.45, 2.75) is 26.3 Å². The first-order valence-corrected chi connectivity index (χ1v) is 9.66. The van der Waals surface area contributed by atoms with Crippen molar-refractivity contribution < 1.29 is 13.7 Å². The van der Waals surface area contributed by atoms with Gasteiger partial charge in [0.2, 0.25) is 5.82 Å². The Hall–Kier alpha value is -3.29. The van der Waals surface area contributed by atoms with Gasteiger partial charge >= 0.3 is 11.8 Å². The van der Waals surface area contributed by atoms with Crippen LogP contribution in [0.3, 0.4) is 0 Å². The number of halogens is 1. The van der Waals surface area contributed by atoms with E-state index in [0.717, 1.165) is 48.8 Å². The van der Waals surface area contributed by atoms with Gasteiger partial charge in [-0.2, -0.15) is 4.98 Å². The van der Waals surface area contributed by atoms with Gasteiger partial charge in [-0.15, -0.1) is 0 Å². The van der Waals surface area contributed by atoms with Crippen molar-refractivity contribution in [2.75, 3.05) is 18.0 Å². The third kappa shape index (κ3) is 4.59. The first-order chi connectivity index (χ1) is 14.1. The maximum absolute atomic E-state index is 13.0. The molecule has 0 atom stereocenters. The molecule has 1 saturated heterocycles. The van der Waals surface area contributed by atoms with Gasteiger partial charge < -0.3 is 14.7 Å². The van der Waals surface area contributed by atoms with E-state index in [1.54, 1.807) is 24.4 Å². The second-order valence-electron chi connectivity index (χ2n) is 7.30. The van der Waals surface area contributed by atoms with Crippen LogP contribution in [0.25, 0.3) is 11.4 Å². The van der Waals surface area contributed by atoms with Gasteiger partial charge in [-0.1, -0.05) is 24.2 Å². The van der Waals surface area contributed by atoms with Crippen LogP contribution in [-0.4, -0.2) is 34.1 Å². The van der Waals surface area contributed by atoms with E-state index in [9.17, 15) is 9.18 Å². The number of nitrogens with one attached hydrogen (secondary N) is 1. The molecule has 1 aromatic carbocycles. The van der Waals surface area contributed by atoms with Gasteiger partial charge in [-0.05, 0) is 48.6 Å². The Morgan fingerprint density at radius 3 is 2.76 bits per heavy atom. The fraction of sp³-hybridized carbons (Fsp3) is 0.333. The second-order valence-corrected chi connectivity index (χ2v) is 7.30. The van der Waals surface area contributed by atoms with Crippen LogP contribution in [0.2, 0.25) is 0 Å². The van der Waals surface area contributed by atoms with Gasteiger partial charge in [0.15, 0.2) is 0 Å². The normalized spacial score (nSPS) is 14.8. The third-order valence-electron chi connectivity index (χ3n) is 5.10. The quantitative estimate of drug-likeness (QED) is 0.712. The summed E-state index contributed by atoms with van der Waals surface area (Å²) >= 11 is 0. The van der Waals surface area contributed by atoms with E-state index in [1.165, 1.54) is 12.1 Å². The summed E-state index contributed by atoms with van der Waals surface area (Å²) in [5, 5.41) is 6.62. The lowest BCUT2D eigenvalue weighted by Crippen LogP contribution is -2.33. The van der Waals surface area contributed by atoms with Gasteiger partial charge in [0, 0.05) is 31.4 Å². The molecule has 29 heavy (non-hydrogen) atoms. The van der Waals surface area contributed by atoms with E-state index in [1.807, 2.05) is 6.07 Å². The minimum atomic E-state index is -0.479. The monoisotopic (exact) mass is 395 g/mol. The Kier molecular flexibility index (Phi) is 5.50. The topological polar surface area (TPSA) is 84.2 Å². The molecule has 0 radical (unpaired) electrons. The average molecular weight is 395 g/mol. The number of benzene rings is 1. The lowest BCUT2D eigenvalue weighted by molar-refractivity contribution is 0.0907. The molecule has 4 rings (SSSR count). The molecule has 150 valence electrons. The standard InChI is InChI=1S/C21H22FN5O2/c1-14-7-10-27(11-8-14)18-12-16(6-9-23-18)19-25-21(29-26-19)20(28)24-13-15-2-4-17(22)5-3-15/h2-6,9,12,14H,7-8,10-11,13H2,1H3,(H,24,28). The van der Waals surface area contributed by atoms with Crippen molar-refractivity contribution in [3.8, 4) is 11.4 Å². The van der Waals surface area contributed by atoms with E-state index in [0.29, 0.717) is 5.82 Å². The smallest absolute Gasteiger partial charge is 0.316 e.